The average molecular weight is 510 g/mol. The minimum atomic E-state index is -0.519. The van der Waals surface area contributed by atoms with Gasteiger partial charge in [0.2, 0.25) is 0 Å². The Hall–Kier alpha value is -3.64. The number of fused-ring (bicyclic) bond motifs is 1. The third-order valence-corrected chi connectivity index (χ3v) is 8.03. The van der Waals surface area contributed by atoms with Crippen LogP contribution in [0.3, 0.4) is 0 Å². The molecule has 10 nitrogen and oxygen atoms in total. The number of para-hydroxylation sites is 1. The molecule has 3 N–H and O–H groups in total. The van der Waals surface area contributed by atoms with Crippen molar-refractivity contribution in [1.82, 2.24) is 35.9 Å². The summed E-state index contributed by atoms with van der Waals surface area (Å²) in [5.74, 6) is -0.801. The van der Waals surface area contributed by atoms with Crippen molar-refractivity contribution in [3.8, 4) is 0 Å². The highest BCUT2D eigenvalue weighted by Gasteiger charge is 2.28. The number of thiazole rings is 2. The smallest absolute Gasteiger partial charge is 0.290 e. The molecule has 1 saturated heterocycles. The molecule has 1 fully saturated rings. The van der Waals surface area contributed by atoms with E-state index in [1.54, 1.807) is 11.4 Å². The molecule has 1 aliphatic rings. The maximum Gasteiger partial charge on any atom is 0.290 e. The molecule has 35 heavy (non-hydrogen) atoms. The van der Waals surface area contributed by atoms with Crippen molar-refractivity contribution in [2.24, 2.45) is 0 Å². The molecule has 3 aromatic heterocycles. The maximum absolute atomic E-state index is 12.8. The van der Waals surface area contributed by atoms with Crippen molar-refractivity contribution in [2.75, 3.05) is 13.1 Å². The van der Waals surface area contributed by atoms with Gasteiger partial charge in [-0.1, -0.05) is 18.2 Å². The number of likely N-dealkylation sites (tertiary alicyclic amines) is 1. The van der Waals surface area contributed by atoms with Crippen LogP contribution in [0, 0.1) is 13.8 Å². The first-order chi connectivity index (χ1) is 16.9. The number of hydrazine groups is 1. The first-order valence-corrected chi connectivity index (χ1v) is 12.8. The Kier molecular flexibility index (Phi) is 6.31. The fraction of sp³-hybridized carbons (Fsp3) is 0.304. The number of hydrogen-bond acceptors (Lipinski definition) is 8. The number of carbonyl (C=O) groups is 3. The van der Waals surface area contributed by atoms with Crippen LogP contribution in [0.2, 0.25) is 0 Å². The molecule has 0 aliphatic carbocycles. The SMILES string of the molecule is Cc1nc(C)c(C(=O)N2CCC(c3nc(C(=O)NNC(=O)c4n[nH]c5ccccc45)cs3)CC2)s1. The van der Waals surface area contributed by atoms with Gasteiger partial charge in [-0.2, -0.15) is 5.10 Å². The summed E-state index contributed by atoms with van der Waals surface area (Å²) in [5.41, 5.74) is 6.76. The van der Waals surface area contributed by atoms with E-state index in [4.69, 9.17) is 0 Å². The molecule has 4 heterocycles. The summed E-state index contributed by atoms with van der Waals surface area (Å²) in [5, 5.41) is 10.9. The van der Waals surface area contributed by atoms with E-state index in [1.165, 1.54) is 22.7 Å². The molecular formula is C23H23N7O3S2. The Morgan fingerprint density at radius 3 is 2.54 bits per heavy atom. The van der Waals surface area contributed by atoms with Crippen molar-refractivity contribution in [3.05, 3.63) is 61.6 Å². The van der Waals surface area contributed by atoms with Crippen LogP contribution in [0.5, 0.6) is 0 Å². The van der Waals surface area contributed by atoms with Crippen LogP contribution in [-0.2, 0) is 0 Å². The van der Waals surface area contributed by atoms with Crippen LogP contribution < -0.4 is 10.9 Å². The monoisotopic (exact) mass is 509 g/mol. The summed E-state index contributed by atoms with van der Waals surface area (Å²) in [6, 6.07) is 7.25. The lowest BCUT2D eigenvalue weighted by Crippen LogP contribution is -2.42. The second kappa shape index (κ2) is 9.55. The van der Waals surface area contributed by atoms with Crippen molar-refractivity contribution < 1.29 is 14.4 Å². The zero-order valence-electron chi connectivity index (χ0n) is 19.1. The van der Waals surface area contributed by atoms with Gasteiger partial charge in [-0.3, -0.25) is 30.3 Å². The summed E-state index contributed by atoms with van der Waals surface area (Å²) in [7, 11) is 0. The predicted molar refractivity (Wildman–Crippen MR) is 133 cm³/mol. The number of H-pyrrole nitrogens is 1. The first kappa shape index (κ1) is 23.1. The number of aryl methyl sites for hydroxylation is 2. The quantitative estimate of drug-likeness (QED) is 0.362. The van der Waals surface area contributed by atoms with Crippen LogP contribution in [0.25, 0.3) is 10.9 Å². The molecule has 12 heteroatoms. The number of aromatic nitrogens is 4. The van der Waals surface area contributed by atoms with E-state index in [-0.39, 0.29) is 23.2 Å². The van der Waals surface area contributed by atoms with E-state index < -0.39 is 11.8 Å². The Morgan fingerprint density at radius 2 is 1.80 bits per heavy atom. The fourth-order valence-corrected chi connectivity index (χ4v) is 6.01. The normalized spacial score (nSPS) is 14.3. The van der Waals surface area contributed by atoms with Crippen molar-refractivity contribution in [3.63, 3.8) is 0 Å². The van der Waals surface area contributed by atoms with Gasteiger partial charge in [0.25, 0.3) is 17.7 Å². The second-order valence-electron chi connectivity index (χ2n) is 8.31. The maximum atomic E-state index is 12.8. The van der Waals surface area contributed by atoms with E-state index in [9.17, 15) is 14.4 Å². The van der Waals surface area contributed by atoms with Gasteiger partial charge in [-0.15, -0.1) is 22.7 Å². The molecule has 0 saturated carbocycles. The summed E-state index contributed by atoms with van der Waals surface area (Å²) in [6.07, 6.45) is 1.56. The Morgan fingerprint density at radius 1 is 1.06 bits per heavy atom. The van der Waals surface area contributed by atoms with Crippen LogP contribution >= 0.6 is 22.7 Å². The second-order valence-corrected chi connectivity index (χ2v) is 10.4. The van der Waals surface area contributed by atoms with Gasteiger partial charge in [-0.25, -0.2) is 9.97 Å². The molecule has 4 aromatic rings. The van der Waals surface area contributed by atoms with Crippen LogP contribution in [0.4, 0.5) is 0 Å². The topological polar surface area (TPSA) is 133 Å². The molecule has 0 radical (unpaired) electrons. The first-order valence-electron chi connectivity index (χ1n) is 11.1. The number of benzene rings is 1. The molecule has 1 aliphatic heterocycles. The zero-order chi connectivity index (χ0) is 24.5. The van der Waals surface area contributed by atoms with E-state index >= 15 is 0 Å². The lowest BCUT2D eigenvalue weighted by Gasteiger charge is -2.30. The number of aromatic amines is 1. The molecule has 0 atom stereocenters. The molecule has 0 bridgehead atoms. The summed E-state index contributed by atoms with van der Waals surface area (Å²) >= 11 is 2.85. The standard InChI is InChI=1S/C23H23N7O3S2/c1-12-19(35-13(2)24-12)23(33)30-9-7-14(8-10-30)22-25-17(11-34-22)20(31)28-29-21(32)18-15-5-3-4-6-16(15)26-27-18/h3-6,11,14H,7-10H2,1-2H3,(H,26,27)(H,28,31)(H,29,32). The van der Waals surface area contributed by atoms with E-state index in [0.29, 0.717) is 23.4 Å². The van der Waals surface area contributed by atoms with Crippen molar-refractivity contribution in [1.29, 1.82) is 0 Å². The Bertz CT molecular complexity index is 1420. The number of piperidine rings is 1. The molecule has 0 spiro atoms. The van der Waals surface area contributed by atoms with E-state index in [0.717, 1.165) is 34.1 Å². The van der Waals surface area contributed by atoms with Gasteiger partial charge in [0.05, 0.1) is 21.2 Å². The number of rotatable bonds is 4. The van der Waals surface area contributed by atoms with Gasteiger partial charge in [0.15, 0.2) is 5.69 Å². The molecule has 5 rings (SSSR count). The molecular weight excluding hydrogens is 486 g/mol. The van der Waals surface area contributed by atoms with Crippen LogP contribution in [0.15, 0.2) is 29.6 Å². The minimum absolute atomic E-state index is 0.0335. The number of carbonyl (C=O) groups excluding carboxylic acids is 3. The van der Waals surface area contributed by atoms with Gasteiger partial charge in [0, 0.05) is 29.8 Å². The molecule has 180 valence electrons. The number of nitrogens with zero attached hydrogens (tertiary/aromatic N) is 4. The number of hydrogen-bond donors (Lipinski definition) is 3. The van der Waals surface area contributed by atoms with E-state index in [2.05, 4.69) is 31.0 Å². The minimum Gasteiger partial charge on any atom is -0.338 e. The van der Waals surface area contributed by atoms with E-state index in [1.807, 2.05) is 36.9 Å². The van der Waals surface area contributed by atoms with Gasteiger partial charge in [-0.05, 0) is 32.8 Å². The predicted octanol–water partition coefficient (Wildman–Crippen LogP) is 3.19. The number of nitrogens with one attached hydrogen (secondary N) is 3. The fourth-order valence-electron chi connectivity index (χ4n) is 4.16. The highest BCUT2D eigenvalue weighted by molar-refractivity contribution is 7.13. The van der Waals surface area contributed by atoms with Gasteiger partial charge < -0.3 is 4.90 Å². The summed E-state index contributed by atoms with van der Waals surface area (Å²) in [4.78, 5) is 49.3. The third-order valence-electron chi connectivity index (χ3n) is 5.96. The van der Waals surface area contributed by atoms with Crippen LogP contribution in [0.1, 0.15) is 65.1 Å². The molecule has 3 amide bonds. The van der Waals surface area contributed by atoms with Crippen molar-refractivity contribution >= 4 is 51.3 Å². The summed E-state index contributed by atoms with van der Waals surface area (Å²) in [6.45, 7) is 5.04. The largest absolute Gasteiger partial charge is 0.338 e. The molecule has 1 aromatic carbocycles. The average Bonchev–Trinajstić information content (AvgIpc) is 3.60. The highest BCUT2D eigenvalue weighted by atomic mass is 32.1. The summed E-state index contributed by atoms with van der Waals surface area (Å²) < 4.78 is 0. The zero-order valence-corrected chi connectivity index (χ0v) is 20.8. The lowest BCUT2D eigenvalue weighted by atomic mass is 9.97. The van der Waals surface area contributed by atoms with Gasteiger partial charge >= 0.3 is 0 Å². The highest BCUT2D eigenvalue weighted by Crippen LogP contribution is 2.31. The van der Waals surface area contributed by atoms with Crippen molar-refractivity contribution in [2.45, 2.75) is 32.6 Å². The Balaban J connectivity index is 1.16. The van der Waals surface area contributed by atoms with Crippen LogP contribution in [-0.4, -0.2) is 55.9 Å². The Labute approximate surface area is 208 Å². The molecule has 0 unspecified atom stereocenters. The third kappa shape index (κ3) is 4.66. The number of amides is 3. The van der Waals surface area contributed by atoms with Gasteiger partial charge in [0.1, 0.15) is 10.6 Å². The lowest BCUT2D eigenvalue weighted by molar-refractivity contribution is 0.0716.